The average Bonchev–Trinajstić information content (AvgIpc) is 2.42. The molecule has 1 aromatic heterocycles. The molecule has 0 spiro atoms. The van der Waals surface area contributed by atoms with E-state index < -0.39 is 0 Å². The molecule has 0 radical (unpaired) electrons. The number of H-pyrrole nitrogens is 1. The van der Waals surface area contributed by atoms with E-state index >= 15 is 0 Å². The van der Waals surface area contributed by atoms with Gasteiger partial charge in [0.1, 0.15) is 0 Å². The molecule has 1 nitrogen and oxygen atoms in total. The molecule has 0 saturated heterocycles. The van der Waals surface area contributed by atoms with Crippen LogP contribution in [-0.4, -0.2) is 4.98 Å². The minimum absolute atomic E-state index is 1.01. The van der Waals surface area contributed by atoms with Gasteiger partial charge in [0, 0.05) is 11.5 Å². The van der Waals surface area contributed by atoms with E-state index in [0.29, 0.717) is 0 Å². The normalized spacial score (nSPS) is 10.2. The molecule has 0 amide bonds. The van der Waals surface area contributed by atoms with E-state index in [1.54, 1.807) is 6.08 Å². The van der Waals surface area contributed by atoms with Crippen molar-refractivity contribution >= 4 is 12.7 Å². The summed E-state index contributed by atoms with van der Waals surface area (Å²) >= 11 is 0. The van der Waals surface area contributed by atoms with Gasteiger partial charge in [-0.15, -0.1) is 0 Å². The van der Waals surface area contributed by atoms with Crippen LogP contribution in [-0.2, 0) is 0 Å². The second kappa shape index (κ2) is 5.54. The first kappa shape index (κ1) is 9.76. The van der Waals surface area contributed by atoms with Crippen LogP contribution in [0.2, 0.25) is 0 Å². The largest absolute Gasteiger partial charge is 0.361 e. The third kappa shape index (κ3) is 2.89. The first-order valence-corrected chi connectivity index (χ1v) is 3.79. The molecule has 1 rings (SSSR count). The van der Waals surface area contributed by atoms with Gasteiger partial charge in [-0.05, 0) is 17.4 Å². The fourth-order valence-corrected chi connectivity index (χ4v) is 0.688. The van der Waals surface area contributed by atoms with E-state index in [9.17, 15) is 0 Å². The fraction of sp³-hybridized carbons (Fsp3) is 0.200. The summed E-state index contributed by atoms with van der Waals surface area (Å²) in [6.45, 7) is 11.4. The van der Waals surface area contributed by atoms with Gasteiger partial charge >= 0.3 is 0 Å². The van der Waals surface area contributed by atoms with Crippen molar-refractivity contribution in [3.8, 4) is 0 Å². The predicted octanol–water partition coefficient (Wildman–Crippen LogP) is 1.42. The Morgan fingerprint density at radius 2 is 2.09 bits per heavy atom. The minimum atomic E-state index is 1.01. The van der Waals surface area contributed by atoms with Crippen LogP contribution in [0.3, 0.4) is 0 Å². The lowest BCUT2D eigenvalue weighted by Gasteiger charge is -1.71. The maximum absolute atomic E-state index is 3.79. The summed E-state index contributed by atoms with van der Waals surface area (Å²) in [5, 5.41) is 2.04. The van der Waals surface area contributed by atoms with Crippen LogP contribution in [0.25, 0.3) is 12.7 Å². The number of hydrogen-bond donors (Lipinski definition) is 1. The van der Waals surface area contributed by atoms with Gasteiger partial charge in [0.2, 0.25) is 0 Å². The highest BCUT2D eigenvalue weighted by Crippen LogP contribution is 1.63. The Bertz CT molecular complexity index is 293. The Morgan fingerprint density at radius 3 is 2.45 bits per heavy atom. The van der Waals surface area contributed by atoms with Crippen molar-refractivity contribution in [2.75, 3.05) is 0 Å². The summed E-state index contributed by atoms with van der Waals surface area (Å²) in [7, 11) is 0. The molecule has 0 saturated carbocycles. The SMILES string of the molecule is C=C/C=c1/[nH]ccc1=C.CC. The lowest BCUT2D eigenvalue weighted by atomic mass is 10.4. The van der Waals surface area contributed by atoms with Crippen molar-refractivity contribution in [3.05, 3.63) is 35.5 Å². The Hall–Kier alpha value is -1.24. The topological polar surface area (TPSA) is 15.8 Å². The van der Waals surface area contributed by atoms with Crippen LogP contribution < -0.4 is 10.6 Å². The molecular formula is C10H15N. The first-order chi connectivity index (χ1) is 5.34. The average molecular weight is 149 g/mol. The number of nitrogens with one attached hydrogen (secondary N) is 1. The molecule has 0 aromatic carbocycles. The van der Waals surface area contributed by atoms with Gasteiger partial charge in [-0.2, -0.15) is 0 Å². The maximum Gasteiger partial charge on any atom is 0.0447 e. The minimum Gasteiger partial charge on any atom is -0.361 e. The lowest BCUT2D eigenvalue weighted by Crippen LogP contribution is -2.19. The Balaban J connectivity index is 0.000000461. The molecule has 0 fully saturated rings. The van der Waals surface area contributed by atoms with Gasteiger partial charge in [0.05, 0.1) is 0 Å². The van der Waals surface area contributed by atoms with E-state index in [4.69, 9.17) is 0 Å². The first-order valence-electron chi connectivity index (χ1n) is 3.79. The van der Waals surface area contributed by atoms with E-state index in [-0.39, 0.29) is 0 Å². The number of aromatic amines is 1. The third-order valence-corrected chi connectivity index (χ3v) is 1.15. The Labute approximate surface area is 67.8 Å². The monoisotopic (exact) mass is 149 g/mol. The highest BCUT2D eigenvalue weighted by atomic mass is 14.6. The Kier molecular flexibility index (Phi) is 4.91. The van der Waals surface area contributed by atoms with Crippen LogP contribution in [0.4, 0.5) is 0 Å². The smallest absolute Gasteiger partial charge is 0.0447 e. The summed E-state index contributed by atoms with van der Waals surface area (Å²) in [5.41, 5.74) is 0. The summed E-state index contributed by atoms with van der Waals surface area (Å²) < 4.78 is 0. The van der Waals surface area contributed by atoms with Crippen LogP contribution in [0.1, 0.15) is 13.8 Å². The van der Waals surface area contributed by atoms with Crippen molar-refractivity contribution in [3.63, 3.8) is 0 Å². The molecular weight excluding hydrogens is 134 g/mol. The molecule has 60 valence electrons. The van der Waals surface area contributed by atoms with Crippen LogP contribution >= 0.6 is 0 Å². The van der Waals surface area contributed by atoms with Crippen molar-refractivity contribution in [2.24, 2.45) is 0 Å². The van der Waals surface area contributed by atoms with Gasteiger partial charge < -0.3 is 4.98 Å². The van der Waals surface area contributed by atoms with Crippen molar-refractivity contribution < 1.29 is 0 Å². The second-order valence-corrected chi connectivity index (χ2v) is 1.82. The van der Waals surface area contributed by atoms with Gasteiger partial charge in [-0.25, -0.2) is 0 Å². The van der Waals surface area contributed by atoms with Gasteiger partial charge in [0.25, 0.3) is 0 Å². The van der Waals surface area contributed by atoms with Crippen LogP contribution in [0.5, 0.6) is 0 Å². The molecule has 11 heavy (non-hydrogen) atoms. The molecule has 1 aromatic rings. The van der Waals surface area contributed by atoms with Crippen molar-refractivity contribution in [2.45, 2.75) is 13.8 Å². The second-order valence-electron chi connectivity index (χ2n) is 1.82. The molecule has 0 atom stereocenters. The standard InChI is InChI=1S/C8H9N.C2H6/c1-3-4-8-7(2)5-6-9-8;1-2/h3-6,9H,1-2H2;1-2H3/b8-4+;. The number of hydrogen-bond acceptors (Lipinski definition) is 0. The third-order valence-electron chi connectivity index (χ3n) is 1.15. The van der Waals surface area contributed by atoms with Crippen LogP contribution in [0.15, 0.2) is 24.9 Å². The van der Waals surface area contributed by atoms with E-state index in [0.717, 1.165) is 10.6 Å². The predicted molar refractivity (Wildman–Crippen MR) is 51.6 cm³/mol. The maximum atomic E-state index is 3.79. The molecule has 0 aliphatic carbocycles. The van der Waals surface area contributed by atoms with E-state index in [2.05, 4.69) is 18.1 Å². The molecule has 1 N–H and O–H groups in total. The van der Waals surface area contributed by atoms with Crippen molar-refractivity contribution in [1.82, 2.24) is 4.98 Å². The summed E-state index contributed by atoms with van der Waals surface area (Å²) in [5.74, 6) is 0. The zero-order valence-corrected chi connectivity index (χ0v) is 7.22. The van der Waals surface area contributed by atoms with Crippen molar-refractivity contribution in [1.29, 1.82) is 0 Å². The molecule has 1 heteroatoms. The lowest BCUT2D eigenvalue weighted by molar-refractivity contribution is 1.32. The molecule has 0 bridgehead atoms. The summed E-state index contributed by atoms with van der Waals surface area (Å²) in [6.07, 6.45) is 5.49. The van der Waals surface area contributed by atoms with Crippen LogP contribution in [0, 0.1) is 0 Å². The highest BCUT2D eigenvalue weighted by Gasteiger charge is 1.76. The van der Waals surface area contributed by atoms with Gasteiger partial charge in [-0.3, -0.25) is 0 Å². The quantitative estimate of drug-likeness (QED) is 0.621. The summed E-state index contributed by atoms with van der Waals surface area (Å²) in [6, 6.07) is 1.93. The zero-order chi connectivity index (χ0) is 8.69. The van der Waals surface area contributed by atoms with Gasteiger partial charge in [-0.1, -0.05) is 33.1 Å². The molecule has 0 unspecified atom stereocenters. The number of rotatable bonds is 1. The Morgan fingerprint density at radius 1 is 1.45 bits per heavy atom. The number of aromatic nitrogens is 1. The molecule has 0 aliphatic rings. The molecule has 0 aliphatic heterocycles. The fourth-order valence-electron chi connectivity index (χ4n) is 0.688. The summed E-state index contributed by atoms with van der Waals surface area (Å²) in [4.78, 5) is 3.02. The molecule has 1 heterocycles. The van der Waals surface area contributed by atoms with Gasteiger partial charge in [0.15, 0.2) is 0 Å². The number of allylic oxidation sites excluding steroid dienone is 1. The highest BCUT2D eigenvalue weighted by molar-refractivity contribution is 5.33. The van der Waals surface area contributed by atoms with E-state index in [1.165, 1.54) is 0 Å². The zero-order valence-electron chi connectivity index (χ0n) is 7.22. The van der Waals surface area contributed by atoms with E-state index in [1.807, 2.05) is 32.2 Å².